The summed E-state index contributed by atoms with van der Waals surface area (Å²) >= 11 is 2.92. The van der Waals surface area contributed by atoms with Crippen molar-refractivity contribution in [1.29, 1.82) is 0 Å². The van der Waals surface area contributed by atoms with Gasteiger partial charge < -0.3 is 5.32 Å². The Morgan fingerprint density at radius 1 is 1.06 bits per heavy atom. The number of benzene rings is 2. The zero-order valence-electron chi connectivity index (χ0n) is 19.3. The summed E-state index contributed by atoms with van der Waals surface area (Å²) in [6, 6.07) is 13.6. The van der Waals surface area contributed by atoms with Crippen LogP contribution in [0.4, 0.5) is 5.13 Å². The van der Waals surface area contributed by atoms with Crippen LogP contribution in [0.25, 0.3) is 10.2 Å². The number of aryl methyl sites for hydroxylation is 1. The molecule has 0 saturated heterocycles. The van der Waals surface area contributed by atoms with Gasteiger partial charge in [-0.15, -0.1) is 11.8 Å². The fourth-order valence-corrected chi connectivity index (χ4v) is 8.58. The summed E-state index contributed by atoms with van der Waals surface area (Å²) in [5.74, 6) is 2.62. The van der Waals surface area contributed by atoms with Gasteiger partial charge in [0, 0.05) is 10.4 Å². The van der Waals surface area contributed by atoms with Crippen molar-refractivity contribution in [2.45, 2.75) is 55.9 Å². The molecule has 2 N–H and O–H groups in total. The van der Waals surface area contributed by atoms with Crippen molar-refractivity contribution >= 4 is 50.3 Å². The van der Waals surface area contributed by atoms with E-state index >= 15 is 0 Å². The van der Waals surface area contributed by atoms with Gasteiger partial charge in [-0.2, -0.15) is 0 Å². The summed E-state index contributed by atoms with van der Waals surface area (Å²) in [4.78, 5) is 31.4. The first-order valence-electron chi connectivity index (χ1n) is 12.2. The number of thiazole rings is 1. The number of thioether (sulfide) groups is 1. The minimum atomic E-state index is -0.194. The maximum Gasteiger partial charge on any atom is 0.258 e. The summed E-state index contributed by atoms with van der Waals surface area (Å²) in [6.07, 6.45) is 7.53. The molecule has 5 nitrogen and oxygen atoms in total. The predicted octanol–water partition coefficient (Wildman–Crippen LogP) is 6.03. The normalized spacial score (nSPS) is 27.1. The molecule has 0 unspecified atom stereocenters. The van der Waals surface area contributed by atoms with Crippen molar-refractivity contribution in [3.05, 3.63) is 53.6 Å². The molecule has 34 heavy (non-hydrogen) atoms. The van der Waals surface area contributed by atoms with E-state index in [0.29, 0.717) is 16.4 Å². The summed E-state index contributed by atoms with van der Waals surface area (Å²) in [5.41, 5.74) is 2.65. The molecule has 0 radical (unpaired) electrons. The van der Waals surface area contributed by atoms with Crippen molar-refractivity contribution in [3.8, 4) is 0 Å². The van der Waals surface area contributed by atoms with Crippen molar-refractivity contribution in [3.63, 3.8) is 0 Å². The van der Waals surface area contributed by atoms with Crippen LogP contribution in [0, 0.1) is 24.7 Å². The van der Waals surface area contributed by atoms with Gasteiger partial charge in [-0.05, 0) is 93.0 Å². The highest BCUT2D eigenvalue weighted by atomic mass is 32.2. The van der Waals surface area contributed by atoms with E-state index in [4.69, 9.17) is 0 Å². The smallest absolute Gasteiger partial charge is 0.258 e. The average molecular weight is 492 g/mol. The van der Waals surface area contributed by atoms with Crippen LogP contribution in [-0.2, 0) is 4.79 Å². The van der Waals surface area contributed by atoms with Gasteiger partial charge in [-0.1, -0.05) is 29.5 Å². The van der Waals surface area contributed by atoms with Gasteiger partial charge in [0.1, 0.15) is 0 Å². The first kappa shape index (κ1) is 22.1. The number of aromatic nitrogens is 1. The molecule has 7 rings (SSSR count). The molecule has 0 aliphatic heterocycles. The molecule has 0 atom stereocenters. The van der Waals surface area contributed by atoms with E-state index in [1.807, 2.05) is 43.3 Å². The number of nitrogens with one attached hydrogen (secondary N) is 2. The molecule has 2 aromatic carbocycles. The maximum absolute atomic E-state index is 13.1. The van der Waals surface area contributed by atoms with Crippen molar-refractivity contribution in [1.82, 2.24) is 10.3 Å². The topological polar surface area (TPSA) is 71.1 Å². The summed E-state index contributed by atoms with van der Waals surface area (Å²) in [5, 5.41) is 6.97. The van der Waals surface area contributed by atoms with Crippen LogP contribution in [-0.4, -0.2) is 28.1 Å². The van der Waals surface area contributed by atoms with E-state index in [2.05, 4.69) is 21.7 Å². The third kappa shape index (κ3) is 4.36. The summed E-state index contributed by atoms with van der Waals surface area (Å²) in [7, 11) is 0. The number of nitrogens with zero attached hydrogens (tertiary/aromatic N) is 1. The Balaban J connectivity index is 1.11. The van der Waals surface area contributed by atoms with Gasteiger partial charge in [-0.25, -0.2) is 4.98 Å². The van der Waals surface area contributed by atoms with E-state index in [-0.39, 0.29) is 17.4 Å². The number of hydrogen-bond acceptors (Lipinski definition) is 5. The van der Waals surface area contributed by atoms with Crippen molar-refractivity contribution in [2.75, 3.05) is 11.1 Å². The predicted molar refractivity (Wildman–Crippen MR) is 139 cm³/mol. The van der Waals surface area contributed by atoms with E-state index in [1.165, 1.54) is 47.9 Å². The molecule has 4 aliphatic rings. The highest BCUT2D eigenvalue weighted by Gasteiger charge is 2.51. The first-order valence-corrected chi connectivity index (χ1v) is 14.0. The van der Waals surface area contributed by atoms with Gasteiger partial charge in [-0.3, -0.25) is 14.9 Å². The molecule has 4 fully saturated rings. The zero-order valence-corrected chi connectivity index (χ0v) is 20.9. The van der Waals surface area contributed by atoms with Crippen LogP contribution >= 0.6 is 23.1 Å². The lowest BCUT2D eigenvalue weighted by Crippen LogP contribution is -2.60. The lowest BCUT2D eigenvalue weighted by Gasteiger charge is -2.56. The van der Waals surface area contributed by atoms with E-state index in [1.54, 1.807) is 0 Å². The highest BCUT2D eigenvalue weighted by molar-refractivity contribution is 8.00. The fraction of sp³-hybridized carbons (Fsp3) is 0.444. The van der Waals surface area contributed by atoms with Crippen LogP contribution in [0.3, 0.4) is 0 Å². The minimum absolute atomic E-state index is 0.0223. The van der Waals surface area contributed by atoms with Crippen LogP contribution in [0.5, 0.6) is 0 Å². The molecule has 4 saturated carbocycles. The number of carbonyl (C=O) groups is 2. The summed E-state index contributed by atoms with van der Waals surface area (Å²) < 4.78 is 1.05. The van der Waals surface area contributed by atoms with E-state index in [9.17, 15) is 9.59 Å². The van der Waals surface area contributed by atoms with Crippen LogP contribution in [0.1, 0.15) is 54.4 Å². The van der Waals surface area contributed by atoms with Crippen LogP contribution in [0.2, 0.25) is 0 Å². The van der Waals surface area contributed by atoms with Crippen LogP contribution in [0.15, 0.2) is 47.4 Å². The van der Waals surface area contributed by atoms with Crippen LogP contribution < -0.4 is 10.6 Å². The molecular weight excluding hydrogens is 462 g/mol. The Morgan fingerprint density at radius 3 is 2.50 bits per heavy atom. The quantitative estimate of drug-likeness (QED) is 0.413. The number of rotatable bonds is 6. The molecular formula is C27H29N3O2S2. The zero-order chi connectivity index (χ0) is 23.3. The number of hydrogen-bond donors (Lipinski definition) is 2. The lowest BCUT2D eigenvalue weighted by molar-refractivity contribution is -0.124. The third-order valence-electron chi connectivity index (χ3n) is 7.70. The monoisotopic (exact) mass is 491 g/mol. The van der Waals surface area contributed by atoms with Gasteiger partial charge in [0.2, 0.25) is 5.91 Å². The largest absolute Gasteiger partial charge is 0.350 e. The molecule has 7 heteroatoms. The standard InChI is InChI=1S/C27H29N3O2S2/c1-16-6-7-21-23(8-16)34-26(28-21)29-25(32)20-4-2-3-5-22(20)33-15-24(31)30-27-12-17-9-18(13-27)11-19(10-17)14-27/h2-8,17-19H,9-15H2,1H3,(H,30,31)(H,28,29,32). The van der Waals surface area contributed by atoms with Gasteiger partial charge in [0.25, 0.3) is 5.91 Å². The highest BCUT2D eigenvalue weighted by Crippen LogP contribution is 2.55. The number of carbonyl (C=O) groups excluding carboxylic acids is 2. The molecule has 1 heterocycles. The molecule has 3 aromatic rings. The second kappa shape index (κ2) is 8.68. The third-order valence-corrected chi connectivity index (χ3v) is 9.70. The molecule has 176 valence electrons. The molecule has 0 spiro atoms. The van der Waals surface area contributed by atoms with Gasteiger partial charge >= 0.3 is 0 Å². The molecule has 2 amide bonds. The Bertz CT molecular complexity index is 1230. The lowest BCUT2D eigenvalue weighted by atomic mass is 9.53. The second-order valence-electron chi connectivity index (χ2n) is 10.5. The van der Waals surface area contributed by atoms with E-state index < -0.39 is 0 Å². The fourth-order valence-electron chi connectivity index (χ4n) is 6.77. The van der Waals surface area contributed by atoms with Gasteiger partial charge in [0.05, 0.1) is 21.5 Å². The second-order valence-corrected chi connectivity index (χ2v) is 12.5. The maximum atomic E-state index is 13.1. The number of fused-ring (bicyclic) bond motifs is 1. The SMILES string of the molecule is Cc1ccc2nc(NC(=O)c3ccccc3SCC(=O)NC34CC5CC(CC(C5)C3)C4)sc2c1. The minimum Gasteiger partial charge on any atom is -0.350 e. The van der Waals surface area contributed by atoms with Crippen molar-refractivity contribution in [2.24, 2.45) is 17.8 Å². The van der Waals surface area contributed by atoms with Gasteiger partial charge in [0.15, 0.2) is 5.13 Å². The molecule has 4 aliphatic carbocycles. The molecule has 4 bridgehead atoms. The van der Waals surface area contributed by atoms with E-state index in [0.717, 1.165) is 52.1 Å². The average Bonchev–Trinajstić information content (AvgIpc) is 3.18. The Hall–Kier alpha value is -2.38. The Labute approximate surface area is 208 Å². The Kier molecular flexibility index (Phi) is 5.65. The number of amides is 2. The molecule has 1 aromatic heterocycles. The summed E-state index contributed by atoms with van der Waals surface area (Å²) in [6.45, 7) is 2.05. The first-order chi connectivity index (χ1) is 16.4. The Morgan fingerprint density at radius 2 is 1.76 bits per heavy atom. The number of anilines is 1. The van der Waals surface area contributed by atoms with Crippen molar-refractivity contribution < 1.29 is 9.59 Å².